The van der Waals surface area contributed by atoms with Gasteiger partial charge in [-0.05, 0) is 37.5 Å². The number of carbonyl (C=O) groups excluding carboxylic acids is 3. The number of benzene rings is 1. The predicted octanol–water partition coefficient (Wildman–Crippen LogP) is 3.34. The van der Waals surface area contributed by atoms with Crippen LogP contribution < -0.4 is 5.32 Å². The average molecular weight is 407 g/mol. The maximum atomic E-state index is 12.7. The Kier molecular flexibility index (Phi) is 5.27. The molecule has 134 valence electrons. The SMILES string of the molecule is C[C@H](NC(=O)CN1C(=O)CC2(CCCCC2)C1=O)c1ccc(Br)cc1. The summed E-state index contributed by atoms with van der Waals surface area (Å²) >= 11 is 3.38. The van der Waals surface area contributed by atoms with Crippen LogP contribution in [0.15, 0.2) is 28.7 Å². The van der Waals surface area contributed by atoms with Crippen LogP contribution in [0.1, 0.15) is 57.1 Å². The number of imide groups is 1. The second-order valence-electron chi connectivity index (χ2n) is 7.14. The number of carbonyl (C=O) groups is 3. The quantitative estimate of drug-likeness (QED) is 0.779. The highest BCUT2D eigenvalue weighted by atomic mass is 79.9. The summed E-state index contributed by atoms with van der Waals surface area (Å²) in [6, 6.07) is 7.50. The number of likely N-dealkylation sites (tertiary alicyclic amines) is 1. The van der Waals surface area contributed by atoms with Gasteiger partial charge in [-0.25, -0.2) is 0 Å². The van der Waals surface area contributed by atoms with E-state index in [4.69, 9.17) is 0 Å². The minimum absolute atomic E-state index is 0.149. The Bertz CT molecular complexity index is 680. The van der Waals surface area contributed by atoms with Crippen molar-refractivity contribution in [1.82, 2.24) is 10.2 Å². The Morgan fingerprint density at radius 3 is 2.48 bits per heavy atom. The summed E-state index contributed by atoms with van der Waals surface area (Å²) in [5.74, 6) is -0.660. The van der Waals surface area contributed by atoms with E-state index in [1.807, 2.05) is 31.2 Å². The van der Waals surface area contributed by atoms with Crippen molar-refractivity contribution in [3.05, 3.63) is 34.3 Å². The lowest BCUT2D eigenvalue weighted by Crippen LogP contribution is -2.43. The first-order valence-corrected chi connectivity index (χ1v) is 9.60. The van der Waals surface area contributed by atoms with Gasteiger partial charge >= 0.3 is 0 Å². The van der Waals surface area contributed by atoms with Gasteiger partial charge in [0.15, 0.2) is 0 Å². The van der Waals surface area contributed by atoms with Gasteiger partial charge in [-0.15, -0.1) is 0 Å². The van der Waals surface area contributed by atoms with E-state index in [1.54, 1.807) is 0 Å². The summed E-state index contributed by atoms with van der Waals surface area (Å²) in [4.78, 5) is 38.6. The standard InChI is InChI=1S/C19H23BrN2O3/c1-13(14-5-7-15(20)8-6-14)21-16(23)12-22-17(24)11-19(18(22)25)9-3-2-4-10-19/h5-8,13H,2-4,9-12H2,1H3,(H,21,23)/t13-/m0/s1. The van der Waals surface area contributed by atoms with Crippen LogP contribution in [0.25, 0.3) is 0 Å². The molecule has 1 aliphatic heterocycles. The van der Waals surface area contributed by atoms with Crippen LogP contribution >= 0.6 is 15.9 Å². The zero-order valence-corrected chi connectivity index (χ0v) is 16.0. The van der Waals surface area contributed by atoms with Gasteiger partial charge in [0.25, 0.3) is 0 Å². The Morgan fingerprint density at radius 1 is 1.20 bits per heavy atom. The first kappa shape index (κ1) is 18.1. The molecular formula is C19H23BrN2O3. The van der Waals surface area contributed by atoms with Crippen molar-refractivity contribution < 1.29 is 14.4 Å². The molecule has 0 radical (unpaired) electrons. The van der Waals surface area contributed by atoms with Crippen LogP contribution in [0, 0.1) is 5.41 Å². The summed E-state index contributed by atoms with van der Waals surface area (Å²) in [5.41, 5.74) is 0.437. The largest absolute Gasteiger partial charge is 0.348 e. The molecule has 0 unspecified atom stereocenters. The lowest BCUT2D eigenvalue weighted by molar-refractivity contribution is -0.145. The molecule has 6 heteroatoms. The molecule has 1 saturated heterocycles. The molecule has 0 aromatic heterocycles. The van der Waals surface area contributed by atoms with E-state index in [2.05, 4.69) is 21.2 Å². The third kappa shape index (κ3) is 3.78. The number of halogens is 1. The van der Waals surface area contributed by atoms with Gasteiger partial charge in [-0.1, -0.05) is 47.3 Å². The van der Waals surface area contributed by atoms with Crippen molar-refractivity contribution in [1.29, 1.82) is 0 Å². The van der Waals surface area contributed by atoms with E-state index < -0.39 is 5.41 Å². The van der Waals surface area contributed by atoms with Crippen molar-refractivity contribution in [2.45, 2.75) is 51.5 Å². The van der Waals surface area contributed by atoms with Crippen molar-refractivity contribution in [2.24, 2.45) is 5.41 Å². The maximum Gasteiger partial charge on any atom is 0.240 e. The third-order valence-electron chi connectivity index (χ3n) is 5.35. The molecule has 1 aliphatic carbocycles. The van der Waals surface area contributed by atoms with E-state index in [0.717, 1.165) is 47.0 Å². The van der Waals surface area contributed by atoms with Gasteiger partial charge in [0.1, 0.15) is 6.54 Å². The zero-order valence-electron chi connectivity index (χ0n) is 14.4. The molecular weight excluding hydrogens is 384 g/mol. The second-order valence-corrected chi connectivity index (χ2v) is 8.06. The number of nitrogens with one attached hydrogen (secondary N) is 1. The topological polar surface area (TPSA) is 66.5 Å². The number of hydrogen-bond acceptors (Lipinski definition) is 3. The monoisotopic (exact) mass is 406 g/mol. The van der Waals surface area contributed by atoms with E-state index in [9.17, 15) is 14.4 Å². The Hall–Kier alpha value is -1.69. The molecule has 25 heavy (non-hydrogen) atoms. The molecule has 2 aliphatic rings. The molecule has 1 N–H and O–H groups in total. The van der Waals surface area contributed by atoms with Gasteiger partial charge in [0.05, 0.1) is 11.5 Å². The number of hydrogen-bond donors (Lipinski definition) is 1. The lowest BCUT2D eigenvalue weighted by atomic mass is 9.73. The highest BCUT2D eigenvalue weighted by Gasteiger charge is 2.51. The van der Waals surface area contributed by atoms with Crippen molar-refractivity contribution in [3.63, 3.8) is 0 Å². The molecule has 2 fully saturated rings. The van der Waals surface area contributed by atoms with Crippen LogP contribution in [-0.2, 0) is 14.4 Å². The van der Waals surface area contributed by atoms with Gasteiger partial charge in [0, 0.05) is 10.9 Å². The van der Waals surface area contributed by atoms with Crippen LogP contribution in [0.4, 0.5) is 0 Å². The minimum atomic E-state index is -0.535. The Labute approximate surface area is 156 Å². The van der Waals surface area contributed by atoms with E-state index >= 15 is 0 Å². The second kappa shape index (κ2) is 7.28. The Balaban J connectivity index is 1.61. The first-order chi connectivity index (χ1) is 11.9. The van der Waals surface area contributed by atoms with E-state index in [-0.39, 0.29) is 36.7 Å². The first-order valence-electron chi connectivity index (χ1n) is 8.81. The third-order valence-corrected chi connectivity index (χ3v) is 5.88. The van der Waals surface area contributed by atoms with E-state index in [1.165, 1.54) is 0 Å². The fourth-order valence-electron chi connectivity index (χ4n) is 3.90. The van der Waals surface area contributed by atoms with Crippen LogP contribution in [0.5, 0.6) is 0 Å². The molecule has 1 heterocycles. The summed E-state index contributed by atoms with van der Waals surface area (Å²) in [5, 5.41) is 2.87. The molecule has 1 aromatic rings. The normalized spacial score (nSPS) is 20.8. The highest BCUT2D eigenvalue weighted by Crippen LogP contribution is 2.45. The van der Waals surface area contributed by atoms with Crippen LogP contribution in [0.2, 0.25) is 0 Å². The molecule has 1 saturated carbocycles. The summed E-state index contributed by atoms with van der Waals surface area (Å²) in [7, 11) is 0. The smallest absolute Gasteiger partial charge is 0.240 e. The van der Waals surface area contributed by atoms with E-state index in [0.29, 0.717) is 0 Å². The number of rotatable bonds is 4. The average Bonchev–Trinajstić information content (AvgIpc) is 2.80. The number of amides is 3. The van der Waals surface area contributed by atoms with Crippen LogP contribution in [0.3, 0.4) is 0 Å². The summed E-state index contributed by atoms with van der Waals surface area (Å²) in [6.45, 7) is 1.71. The summed E-state index contributed by atoms with van der Waals surface area (Å²) in [6.07, 6.45) is 4.89. The van der Waals surface area contributed by atoms with Gasteiger partial charge < -0.3 is 5.32 Å². The van der Waals surface area contributed by atoms with Crippen molar-refractivity contribution in [2.75, 3.05) is 6.54 Å². The molecule has 1 spiro atoms. The van der Waals surface area contributed by atoms with Gasteiger partial charge in [-0.2, -0.15) is 0 Å². The molecule has 3 amide bonds. The molecule has 3 rings (SSSR count). The minimum Gasteiger partial charge on any atom is -0.348 e. The van der Waals surface area contributed by atoms with Gasteiger partial charge in [0.2, 0.25) is 17.7 Å². The highest BCUT2D eigenvalue weighted by molar-refractivity contribution is 9.10. The van der Waals surface area contributed by atoms with Crippen LogP contribution in [-0.4, -0.2) is 29.2 Å². The summed E-state index contributed by atoms with van der Waals surface area (Å²) < 4.78 is 0.973. The Morgan fingerprint density at radius 2 is 1.84 bits per heavy atom. The maximum absolute atomic E-state index is 12.7. The van der Waals surface area contributed by atoms with Crippen molar-refractivity contribution >= 4 is 33.7 Å². The fraction of sp³-hybridized carbons (Fsp3) is 0.526. The van der Waals surface area contributed by atoms with Crippen molar-refractivity contribution in [3.8, 4) is 0 Å². The molecule has 1 aromatic carbocycles. The molecule has 5 nitrogen and oxygen atoms in total. The van der Waals surface area contributed by atoms with Gasteiger partial charge in [-0.3, -0.25) is 19.3 Å². The lowest BCUT2D eigenvalue weighted by Gasteiger charge is -2.30. The number of nitrogens with zero attached hydrogens (tertiary/aromatic N) is 1. The predicted molar refractivity (Wildman–Crippen MR) is 97.6 cm³/mol. The zero-order chi connectivity index (χ0) is 18.0. The molecule has 0 bridgehead atoms. The fourth-order valence-corrected chi connectivity index (χ4v) is 4.17. The molecule has 1 atom stereocenters.